The van der Waals surface area contributed by atoms with E-state index in [1.165, 1.54) is 4.31 Å². The van der Waals surface area contributed by atoms with Crippen LogP contribution < -0.4 is 10.2 Å². The molecule has 0 atom stereocenters. The minimum absolute atomic E-state index is 0.121. The molecule has 1 aliphatic heterocycles. The molecule has 2 fully saturated rings. The topological polar surface area (TPSA) is 78.4 Å². The summed E-state index contributed by atoms with van der Waals surface area (Å²) in [5.41, 5.74) is 1.54. The highest BCUT2D eigenvalue weighted by Crippen LogP contribution is 2.32. The second kappa shape index (κ2) is 8.20. The molecule has 0 radical (unpaired) electrons. The summed E-state index contributed by atoms with van der Waals surface area (Å²) in [6.07, 6.45) is 2.16. The summed E-state index contributed by atoms with van der Waals surface area (Å²) in [4.78, 5) is 10.8. The Morgan fingerprint density at radius 2 is 1.62 bits per heavy atom. The summed E-state index contributed by atoms with van der Waals surface area (Å²) < 4.78 is 55.2. The van der Waals surface area contributed by atoms with E-state index < -0.39 is 26.6 Å². The molecule has 3 aromatic rings. The van der Waals surface area contributed by atoms with Crippen molar-refractivity contribution in [1.82, 2.24) is 14.3 Å². The number of piperazine rings is 1. The van der Waals surface area contributed by atoms with Crippen LogP contribution in [-0.4, -0.2) is 54.9 Å². The lowest BCUT2D eigenvalue weighted by molar-refractivity contribution is 0.381. The first-order chi connectivity index (χ1) is 15.3. The van der Waals surface area contributed by atoms with Crippen LogP contribution in [0.2, 0.25) is 0 Å². The summed E-state index contributed by atoms with van der Waals surface area (Å²) in [6, 6.07) is 9.52. The van der Waals surface area contributed by atoms with Crippen LogP contribution in [0.4, 0.5) is 20.4 Å². The smallest absolute Gasteiger partial charge is 0.246 e. The molecule has 5 rings (SSSR count). The third-order valence-electron chi connectivity index (χ3n) is 5.60. The molecule has 2 aliphatic rings. The van der Waals surface area contributed by atoms with Gasteiger partial charge < -0.3 is 10.2 Å². The molecule has 32 heavy (non-hydrogen) atoms. The third-order valence-corrected chi connectivity index (χ3v) is 8.12. The molecular weight excluding hydrogens is 504 g/mol. The predicted octanol–water partition coefficient (Wildman–Crippen LogP) is 3.76. The lowest BCUT2D eigenvalue weighted by Crippen LogP contribution is -2.49. The van der Waals surface area contributed by atoms with Crippen LogP contribution in [0.3, 0.4) is 0 Å². The SMILES string of the molecule is O=S(=O)(c1cc(F)c(Br)cc1F)N1CCN(c2nc3ccccc3nc2NC2CC2)CC1. The van der Waals surface area contributed by atoms with Crippen molar-refractivity contribution in [3.05, 3.63) is 52.5 Å². The molecular formula is C21H20BrF2N5O2S. The van der Waals surface area contributed by atoms with E-state index in [9.17, 15) is 17.2 Å². The lowest BCUT2D eigenvalue weighted by atomic mass is 10.3. The fourth-order valence-corrected chi connectivity index (χ4v) is 5.51. The Bertz CT molecular complexity index is 1290. The molecule has 2 aromatic carbocycles. The largest absolute Gasteiger partial charge is 0.364 e. The van der Waals surface area contributed by atoms with Gasteiger partial charge in [0.1, 0.15) is 16.5 Å². The number of benzene rings is 2. The van der Waals surface area contributed by atoms with Crippen LogP contribution in [0.1, 0.15) is 12.8 Å². The number of aromatic nitrogens is 2. The number of hydrogen-bond donors (Lipinski definition) is 1. The number of nitrogens with zero attached hydrogens (tertiary/aromatic N) is 4. The normalized spacial score (nSPS) is 17.7. The second-order valence-electron chi connectivity index (χ2n) is 7.89. The van der Waals surface area contributed by atoms with E-state index in [1.54, 1.807) is 0 Å². The van der Waals surface area contributed by atoms with E-state index in [-0.39, 0.29) is 17.6 Å². The summed E-state index contributed by atoms with van der Waals surface area (Å²) >= 11 is 2.87. The highest BCUT2D eigenvalue weighted by atomic mass is 79.9. The van der Waals surface area contributed by atoms with E-state index in [4.69, 9.17) is 9.97 Å². The molecule has 0 unspecified atom stereocenters. The number of sulfonamides is 1. The summed E-state index contributed by atoms with van der Waals surface area (Å²) in [7, 11) is -4.17. The van der Waals surface area contributed by atoms with Gasteiger partial charge in [0.05, 0.1) is 15.5 Å². The Labute approximate surface area is 192 Å². The Balaban J connectivity index is 1.40. The zero-order valence-corrected chi connectivity index (χ0v) is 19.3. The molecule has 0 spiro atoms. The summed E-state index contributed by atoms with van der Waals surface area (Å²) in [5.74, 6) is -0.458. The molecule has 1 saturated heterocycles. The van der Waals surface area contributed by atoms with Crippen molar-refractivity contribution in [3.63, 3.8) is 0 Å². The highest BCUT2D eigenvalue weighted by Gasteiger charge is 2.33. The fourth-order valence-electron chi connectivity index (χ4n) is 3.71. The lowest BCUT2D eigenvalue weighted by Gasteiger charge is -2.35. The maximum Gasteiger partial charge on any atom is 0.246 e. The van der Waals surface area contributed by atoms with Crippen LogP contribution in [-0.2, 0) is 10.0 Å². The van der Waals surface area contributed by atoms with Gasteiger partial charge in [-0.1, -0.05) is 12.1 Å². The zero-order chi connectivity index (χ0) is 22.5. The van der Waals surface area contributed by atoms with Gasteiger partial charge in [-0.25, -0.2) is 27.2 Å². The quantitative estimate of drug-likeness (QED) is 0.513. The molecule has 0 amide bonds. The van der Waals surface area contributed by atoms with Crippen LogP contribution >= 0.6 is 15.9 Å². The first-order valence-corrected chi connectivity index (χ1v) is 12.5. The zero-order valence-electron chi connectivity index (χ0n) is 16.9. The number of fused-ring (bicyclic) bond motifs is 1. The molecule has 7 nitrogen and oxygen atoms in total. The fraction of sp³-hybridized carbons (Fsp3) is 0.333. The molecule has 0 bridgehead atoms. The van der Waals surface area contributed by atoms with Gasteiger partial charge in [0.15, 0.2) is 11.6 Å². The number of halogens is 3. The van der Waals surface area contributed by atoms with E-state index in [0.29, 0.717) is 36.8 Å². The Morgan fingerprint density at radius 3 is 2.28 bits per heavy atom. The van der Waals surface area contributed by atoms with Crippen LogP contribution in [0.25, 0.3) is 11.0 Å². The van der Waals surface area contributed by atoms with Gasteiger partial charge in [-0.05, 0) is 53.0 Å². The third kappa shape index (κ3) is 4.04. The van der Waals surface area contributed by atoms with E-state index in [1.807, 2.05) is 29.2 Å². The number of anilines is 2. The van der Waals surface area contributed by atoms with Crippen molar-refractivity contribution in [2.75, 3.05) is 36.4 Å². The van der Waals surface area contributed by atoms with Gasteiger partial charge in [0.2, 0.25) is 10.0 Å². The first-order valence-electron chi connectivity index (χ1n) is 10.3. The summed E-state index contributed by atoms with van der Waals surface area (Å²) in [5, 5.41) is 3.42. The number of hydrogen-bond acceptors (Lipinski definition) is 6. The monoisotopic (exact) mass is 523 g/mol. The standard InChI is InChI=1S/C21H20BrF2N5O2S/c22-14-11-16(24)19(12-15(14)23)32(30,31)29-9-7-28(8-10-29)21-20(25-13-5-6-13)26-17-3-1-2-4-18(17)27-21/h1-4,11-13H,5-10H2,(H,25,26). The molecule has 1 aliphatic carbocycles. The second-order valence-corrected chi connectivity index (χ2v) is 10.7. The van der Waals surface area contributed by atoms with Crippen molar-refractivity contribution in [2.24, 2.45) is 0 Å². The van der Waals surface area contributed by atoms with E-state index >= 15 is 0 Å². The Hall–Kier alpha value is -2.37. The first kappa shape index (κ1) is 21.5. The van der Waals surface area contributed by atoms with Crippen LogP contribution in [0.15, 0.2) is 45.8 Å². The highest BCUT2D eigenvalue weighted by molar-refractivity contribution is 9.10. The van der Waals surface area contributed by atoms with Crippen molar-refractivity contribution >= 4 is 48.6 Å². The minimum atomic E-state index is -4.17. The van der Waals surface area contributed by atoms with Gasteiger partial charge in [0.25, 0.3) is 0 Å². The Morgan fingerprint density at radius 1 is 0.969 bits per heavy atom. The maximum atomic E-state index is 14.3. The Kier molecular flexibility index (Phi) is 5.50. The van der Waals surface area contributed by atoms with Gasteiger partial charge in [-0.3, -0.25) is 0 Å². The molecule has 1 aromatic heterocycles. The number of nitrogens with one attached hydrogen (secondary N) is 1. The van der Waals surface area contributed by atoms with Crippen molar-refractivity contribution in [3.8, 4) is 0 Å². The average Bonchev–Trinajstić information content (AvgIpc) is 3.60. The predicted molar refractivity (Wildman–Crippen MR) is 121 cm³/mol. The van der Waals surface area contributed by atoms with Crippen LogP contribution in [0, 0.1) is 11.6 Å². The molecule has 168 valence electrons. The van der Waals surface area contributed by atoms with Crippen molar-refractivity contribution in [1.29, 1.82) is 0 Å². The summed E-state index contributed by atoms with van der Waals surface area (Å²) in [6.45, 7) is 0.951. The average molecular weight is 524 g/mol. The molecule has 11 heteroatoms. The molecule has 1 N–H and O–H groups in total. The van der Waals surface area contributed by atoms with E-state index in [2.05, 4.69) is 21.2 Å². The molecule has 2 heterocycles. The van der Waals surface area contributed by atoms with Crippen molar-refractivity contribution < 1.29 is 17.2 Å². The van der Waals surface area contributed by atoms with Gasteiger partial charge in [0, 0.05) is 32.2 Å². The maximum absolute atomic E-state index is 14.3. The van der Waals surface area contributed by atoms with Gasteiger partial charge in [-0.2, -0.15) is 4.31 Å². The number of para-hydroxylation sites is 2. The van der Waals surface area contributed by atoms with E-state index in [0.717, 1.165) is 29.9 Å². The van der Waals surface area contributed by atoms with Gasteiger partial charge >= 0.3 is 0 Å². The molecule has 1 saturated carbocycles. The van der Waals surface area contributed by atoms with Crippen LogP contribution in [0.5, 0.6) is 0 Å². The number of rotatable bonds is 5. The minimum Gasteiger partial charge on any atom is -0.364 e. The van der Waals surface area contributed by atoms with Crippen molar-refractivity contribution in [2.45, 2.75) is 23.8 Å². The van der Waals surface area contributed by atoms with Gasteiger partial charge in [-0.15, -0.1) is 0 Å².